The number of benzene rings is 1. The van der Waals surface area contributed by atoms with E-state index in [1.54, 1.807) is 0 Å². The van der Waals surface area contributed by atoms with Gasteiger partial charge in [0.1, 0.15) is 5.82 Å². The van der Waals surface area contributed by atoms with Crippen LogP contribution in [0.2, 0.25) is 5.02 Å². The second-order valence-electron chi connectivity index (χ2n) is 3.44. The van der Waals surface area contributed by atoms with Crippen molar-refractivity contribution in [3.63, 3.8) is 0 Å². The van der Waals surface area contributed by atoms with Crippen LogP contribution in [0.5, 0.6) is 0 Å². The fourth-order valence-electron chi connectivity index (χ4n) is 1.64. The highest BCUT2D eigenvalue weighted by molar-refractivity contribution is 9.10. The molecule has 1 aromatic carbocycles. The summed E-state index contributed by atoms with van der Waals surface area (Å²) in [5.74, 6) is 1.92. The quantitative estimate of drug-likeness (QED) is 0.790. The van der Waals surface area contributed by atoms with Gasteiger partial charge >= 0.3 is 0 Å². The van der Waals surface area contributed by atoms with Gasteiger partial charge < -0.3 is 4.57 Å². The van der Waals surface area contributed by atoms with Crippen molar-refractivity contribution in [2.24, 2.45) is 0 Å². The van der Waals surface area contributed by atoms with E-state index in [2.05, 4.69) is 26.1 Å². The minimum Gasteiger partial charge on any atom is -0.310 e. The molecule has 2 rings (SSSR count). The lowest BCUT2D eigenvalue weighted by Crippen LogP contribution is -2.02. The molecule has 0 bridgehead atoms. The van der Waals surface area contributed by atoms with Crippen molar-refractivity contribution in [3.8, 4) is 11.4 Å². The zero-order chi connectivity index (χ0) is 12.4. The number of hydrogen-bond acceptors (Lipinski definition) is 2. The third kappa shape index (κ3) is 2.49. The minimum atomic E-state index is 0.353. The summed E-state index contributed by atoms with van der Waals surface area (Å²) in [6, 6.07) is 5.59. The molecule has 1 aromatic heterocycles. The molecular weight excluding hydrogens is 325 g/mol. The molecule has 0 saturated heterocycles. The van der Waals surface area contributed by atoms with Crippen LogP contribution in [-0.2, 0) is 12.4 Å². The molecule has 0 unspecified atom stereocenters. The van der Waals surface area contributed by atoms with Gasteiger partial charge in [-0.1, -0.05) is 11.6 Å². The van der Waals surface area contributed by atoms with Crippen LogP contribution < -0.4 is 0 Å². The first-order valence-corrected chi connectivity index (χ1v) is 6.81. The van der Waals surface area contributed by atoms with Crippen molar-refractivity contribution >= 4 is 39.1 Å². The highest BCUT2D eigenvalue weighted by atomic mass is 79.9. The van der Waals surface area contributed by atoms with Crippen LogP contribution in [-0.4, -0.2) is 14.8 Å². The van der Waals surface area contributed by atoms with E-state index < -0.39 is 0 Å². The van der Waals surface area contributed by atoms with Gasteiger partial charge in [-0.05, 0) is 41.1 Å². The lowest BCUT2D eigenvalue weighted by molar-refractivity contribution is 0.731. The maximum absolute atomic E-state index is 5.92. The fraction of sp³-hybridized carbons (Fsp3) is 0.273. The molecule has 0 spiro atoms. The lowest BCUT2D eigenvalue weighted by atomic mass is 10.2. The first-order valence-electron chi connectivity index (χ1n) is 5.10. The number of nitrogens with zero attached hydrogens (tertiary/aromatic N) is 3. The summed E-state index contributed by atoms with van der Waals surface area (Å²) in [7, 11) is 0. The highest BCUT2D eigenvalue weighted by Crippen LogP contribution is 2.30. The Morgan fingerprint density at radius 1 is 1.35 bits per heavy atom. The van der Waals surface area contributed by atoms with Gasteiger partial charge in [0.25, 0.3) is 0 Å². The Morgan fingerprint density at radius 3 is 2.71 bits per heavy atom. The molecule has 17 heavy (non-hydrogen) atoms. The van der Waals surface area contributed by atoms with Crippen molar-refractivity contribution in [3.05, 3.63) is 33.5 Å². The van der Waals surface area contributed by atoms with Crippen LogP contribution in [0, 0.1) is 0 Å². The summed E-state index contributed by atoms with van der Waals surface area (Å²) >= 11 is 15.2. The van der Waals surface area contributed by atoms with Crippen molar-refractivity contribution in [2.45, 2.75) is 19.3 Å². The van der Waals surface area contributed by atoms with Crippen molar-refractivity contribution in [1.29, 1.82) is 0 Å². The molecule has 0 amide bonds. The molecule has 0 fully saturated rings. The predicted octanol–water partition coefficient (Wildman–Crippen LogP) is 4.12. The SMILES string of the molecule is CCn1c(CCl)nnc1-c1ccc(Cl)cc1Br. The van der Waals surface area contributed by atoms with Gasteiger partial charge in [0, 0.05) is 21.6 Å². The standard InChI is InChI=1S/C11H10BrCl2N3/c1-2-17-10(6-13)15-16-11(17)8-4-3-7(14)5-9(8)12/h3-5H,2,6H2,1H3. The summed E-state index contributed by atoms with van der Waals surface area (Å²) < 4.78 is 2.88. The van der Waals surface area contributed by atoms with Crippen LogP contribution in [0.1, 0.15) is 12.7 Å². The lowest BCUT2D eigenvalue weighted by Gasteiger charge is -2.07. The summed E-state index contributed by atoms with van der Waals surface area (Å²) in [5.41, 5.74) is 0.958. The maximum atomic E-state index is 5.92. The smallest absolute Gasteiger partial charge is 0.165 e. The van der Waals surface area contributed by atoms with E-state index in [9.17, 15) is 0 Å². The van der Waals surface area contributed by atoms with Crippen molar-refractivity contribution in [2.75, 3.05) is 0 Å². The third-order valence-electron chi connectivity index (χ3n) is 2.44. The van der Waals surface area contributed by atoms with Gasteiger partial charge in [0.05, 0.1) is 5.88 Å². The fourth-order valence-corrected chi connectivity index (χ4v) is 2.69. The molecule has 1 heterocycles. The van der Waals surface area contributed by atoms with Crippen LogP contribution in [0.15, 0.2) is 22.7 Å². The Hall–Kier alpha value is -0.580. The molecule has 0 aliphatic carbocycles. The Kier molecular flexibility index (Phi) is 4.07. The largest absolute Gasteiger partial charge is 0.310 e. The third-order valence-corrected chi connectivity index (χ3v) is 3.57. The van der Waals surface area contributed by atoms with Gasteiger partial charge in [-0.2, -0.15) is 0 Å². The van der Waals surface area contributed by atoms with E-state index in [1.165, 1.54) is 0 Å². The average molecular weight is 335 g/mol. The number of hydrogen-bond donors (Lipinski definition) is 0. The van der Waals surface area contributed by atoms with E-state index in [4.69, 9.17) is 23.2 Å². The van der Waals surface area contributed by atoms with Gasteiger partial charge in [-0.15, -0.1) is 21.8 Å². The summed E-state index contributed by atoms with van der Waals surface area (Å²) in [6.45, 7) is 2.81. The van der Waals surface area contributed by atoms with Gasteiger partial charge in [-0.25, -0.2) is 0 Å². The van der Waals surface area contributed by atoms with E-state index in [-0.39, 0.29) is 0 Å². The summed E-state index contributed by atoms with van der Waals surface area (Å²) in [6.07, 6.45) is 0. The number of rotatable bonds is 3. The Morgan fingerprint density at radius 2 is 2.12 bits per heavy atom. The summed E-state index contributed by atoms with van der Waals surface area (Å²) in [5, 5.41) is 8.93. The zero-order valence-corrected chi connectivity index (χ0v) is 12.2. The summed E-state index contributed by atoms with van der Waals surface area (Å²) in [4.78, 5) is 0. The molecular formula is C11H10BrCl2N3. The van der Waals surface area contributed by atoms with Gasteiger partial charge in [0.15, 0.2) is 5.82 Å². The Labute approximate surface area is 118 Å². The van der Waals surface area contributed by atoms with E-state index in [1.807, 2.05) is 29.7 Å². The monoisotopic (exact) mass is 333 g/mol. The first-order chi connectivity index (χ1) is 8.17. The second kappa shape index (κ2) is 5.38. The molecule has 0 radical (unpaired) electrons. The predicted molar refractivity (Wildman–Crippen MR) is 73.4 cm³/mol. The van der Waals surface area contributed by atoms with Crippen molar-refractivity contribution in [1.82, 2.24) is 14.8 Å². The van der Waals surface area contributed by atoms with Crippen LogP contribution >= 0.6 is 39.1 Å². The van der Waals surface area contributed by atoms with E-state index in [0.717, 1.165) is 28.2 Å². The average Bonchev–Trinajstić information content (AvgIpc) is 2.71. The second-order valence-corrected chi connectivity index (χ2v) is 5.00. The molecule has 0 N–H and O–H groups in total. The van der Waals surface area contributed by atoms with E-state index >= 15 is 0 Å². The van der Waals surface area contributed by atoms with Crippen LogP contribution in [0.4, 0.5) is 0 Å². The first kappa shape index (κ1) is 12.9. The zero-order valence-electron chi connectivity index (χ0n) is 9.12. The highest BCUT2D eigenvalue weighted by Gasteiger charge is 2.14. The molecule has 0 saturated carbocycles. The molecule has 0 atom stereocenters. The van der Waals surface area contributed by atoms with Gasteiger partial charge in [-0.3, -0.25) is 0 Å². The normalized spacial score (nSPS) is 10.8. The maximum Gasteiger partial charge on any atom is 0.165 e. The molecule has 6 heteroatoms. The number of aromatic nitrogens is 3. The Balaban J connectivity index is 2.56. The van der Waals surface area contributed by atoms with Crippen LogP contribution in [0.3, 0.4) is 0 Å². The molecule has 0 aliphatic rings. The molecule has 3 nitrogen and oxygen atoms in total. The number of alkyl halides is 1. The minimum absolute atomic E-state index is 0.353. The molecule has 90 valence electrons. The molecule has 0 aliphatic heterocycles. The van der Waals surface area contributed by atoms with Gasteiger partial charge in [0.2, 0.25) is 0 Å². The Bertz CT molecular complexity index is 540. The topological polar surface area (TPSA) is 30.7 Å². The number of halogens is 3. The van der Waals surface area contributed by atoms with E-state index in [0.29, 0.717) is 10.9 Å². The van der Waals surface area contributed by atoms with Crippen molar-refractivity contribution < 1.29 is 0 Å². The molecule has 2 aromatic rings. The van der Waals surface area contributed by atoms with Crippen LogP contribution in [0.25, 0.3) is 11.4 Å².